The summed E-state index contributed by atoms with van der Waals surface area (Å²) in [5.41, 5.74) is 1.79. The molecule has 1 N–H and O–H groups in total. The first-order valence-corrected chi connectivity index (χ1v) is 7.51. The Bertz CT molecular complexity index is 842. The molecule has 2 aromatic heterocycles. The van der Waals surface area contributed by atoms with Crippen molar-refractivity contribution in [2.75, 3.05) is 12.4 Å². The second-order valence-corrected chi connectivity index (χ2v) is 5.30. The zero-order chi connectivity index (χ0) is 16.2. The van der Waals surface area contributed by atoms with Crippen molar-refractivity contribution < 1.29 is 14.3 Å². The number of hydrogen-bond acceptors (Lipinski definition) is 6. The molecule has 116 valence electrons. The third kappa shape index (κ3) is 2.97. The molecule has 23 heavy (non-hydrogen) atoms. The Morgan fingerprint density at radius 2 is 2.13 bits per heavy atom. The van der Waals surface area contributed by atoms with Crippen LogP contribution >= 0.6 is 11.3 Å². The molecule has 0 atom stereocenters. The predicted octanol–water partition coefficient (Wildman–Crippen LogP) is 2.35. The second kappa shape index (κ2) is 6.41. The molecular formula is C15H12N4O3S. The van der Waals surface area contributed by atoms with E-state index in [4.69, 9.17) is 0 Å². The molecule has 8 heteroatoms. The summed E-state index contributed by atoms with van der Waals surface area (Å²) in [4.78, 5) is 26.5. The van der Waals surface area contributed by atoms with Gasteiger partial charge in [-0.1, -0.05) is 30.3 Å². The molecule has 1 aromatic carbocycles. The van der Waals surface area contributed by atoms with Gasteiger partial charge in [0, 0.05) is 17.0 Å². The van der Waals surface area contributed by atoms with Crippen molar-refractivity contribution in [1.29, 1.82) is 0 Å². The Morgan fingerprint density at radius 3 is 2.83 bits per heavy atom. The van der Waals surface area contributed by atoms with Crippen molar-refractivity contribution in [3.63, 3.8) is 0 Å². The number of hydrogen-bond donors (Lipinski definition) is 1. The van der Waals surface area contributed by atoms with E-state index in [2.05, 4.69) is 20.1 Å². The van der Waals surface area contributed by atoms with Gasteiger partial charge in [0.2, 0.25) is 11.5 Å². The summed E-state index contributed by atoms with van der Waals surface area (Å²) >= 11 is 1.23. The minimum atomic E-state index is -0.521. The highest BCUT2D eigenvalue weighted by Crippen LogP contribution is 2.26. The first-order valence-electron chi connectivity index (χ1n) is 6.63. The van der Waals surface area contributed by atoms with Crippen LogP contribution in [0.4, 0.5) is 5.82 Å². The molecule has 3 rings (SSSR count). The fourth-order valence-electron chi connectivity index (χ4n) is 2.00. The summed E-state index contributed by atoms with van der Waals surface area (Å²) in [5.74, 6) is -0.0579. The summed E-state index contributed by atoms with van der Waals surface area (Å²) in [7, 11) is 1.29. The van der Waals surface area contributed by atoms with Gasteiger partial charge in [-0.2, -0.15) is 9.78 Å². The summed E-state index contributed by atoms with van der Waals surface area (Å²) in [6, 6.07) is 11.3. The van der Waals surface area contributed by atoms with E-state index in [0.717, 1.165) is 5.56 Å². The van der Waals surface area contributed by atoms with E-state index in [1.54, 1.807) is 11.4 Å². The van der Waals surface area contributed by atoms with Crippen LogP contribution in [0.15, 0.2) is 41.8 Å². The highest BCUT2D eigenvalue weighted by Gasteiger charge is 2.16. The van der Waals surface area contributed by atoms with Gasteiger partial charge in [0.05, 0.1) is 12.8 Å². The van der Waals surface area contributed by atoms with Gasteiger partial charge in [0.1, 0.15) is 5.82 Å². The zero-order valence-electron chi connectivity index (χ0n) is 12.1. The number of esters is 1. The minimum Gasteiger partial charge on any atom is -0.464 e. The van der Waals surface area contributed by atoms with Crippen LogP contribution < -0.4 is 5.32 Å². The number of ether oxygens (including phenoxy) is 1. The van der Waals surface area contributed by atoms with E-state index in [1.807, 2.05) is 30.3 Å². The molecule has 2 heterocycles. The maximum absolute atomic E-state index is 11.5. The number of methoxy groups -OCH3 is 1. The molecule has 3 aromatic rings. The van der Waals surface area contributed by atoms with Crippen LogP contribution in [0.3, 0.4) is 0 Å². The van der Waals surface area contributed by atoms with Crippen LogP contribution in [-0.2, 0) is 9.53 Å². The number of benzene rings is 1. The van der Waals surface area contributed by atoms with Crippen molar-refractivity contribution >= 4 is 29.5 Å². The van der Waals surface area contributed by atoms with Crippen molar-refractivity contribution in [2.24, 2.45) is 0 Å². The fourth-order valence-corrected chi connectivity index (χ4v) is 2.76. The minimum absolute atomic E-state index is 0.196. The molecule has 0 bridgehead atoms. The first kappa shape index (κ1) is 14.9. The van der Waals surface area contributed by atoms with Gasteiger partial charge in [-0.3, -0.25) is 4.79 Å². The van der Waals surface area contributed by atoms with Gasteiger partial charge in [0.25, 0.3) is 0 Å². The normalized spacial score (nSPS) is 10.3. The molecule has 0 radical (unpaired) electrons. The average Bonchev–Trinajstić information content (AvgIpc) is 3.22. The van der Waals surface area contributed by atoms with Crippen LogP contribution in [0.25, 0.3) is 16.4 Å². The Morgan fingerprint density at radius 1 is 1.35 bits per heavy atom. The summed E-state index contributed by atoms with van der Waals surface area (Å²) in [6.45, 7) is 0. The lowest BCUT2D eigenvalue weighted by atomic mass is 10.2. The van der Waals surface area contributed by atoms with Crippen LogP contribution in [0.2, 0.25) is 0 Å². The van der Waals surface area contributed by atoms with Gasteiger partial charge in [-0.05, 0) is 0 Å². The first-order chi connectivity index (χ1) is 11.2. The van der Waals surface area contributed by atoms with Crippen LogP contribution in [-0.4, -0.2) is 34.3 Å². The lowest BCUT2D eigenvalue weighted by Gasteiger charge is -2.00. The van der Waals surface area contributed by atoms with E-state index in [0.29, 0.717) is 23.1 Å². The Hall–Kier alpha value is -3.00. The zero-order valence-corrected chi connectivity index (χ0v) is 12.9. The molecule has 7 nitrogen and oxygen atoms in total. The molecule has 1 amide bonds. The molecule has 0 aliphatic rings. The summed E-state index contributed by atoms with van der Waals surface area (Å²) < 4.78 is 6.12. The Labute approximate surface area is 135 Å². The highest BCUT2D eigenvalue weighted by atomic mass is 32.1. The monoisotopic (exact) mass is 328 g/mol. The third-order valence-electron chi connectivity index (χ3n) is 3.05. The topological polar surface area (TPSA) is 86.1 Å². The standard InChI is InChI=1S/C15H12N4O3S/c1-22-14(21)12-8-23-15(17-12)19-13(16-9-20)7-11(18-19)10-5-3-2-4-6-10/h2-9H,1H3,(H,16,20). The van der Waals surface area contributed by atoms with Gasteiger partial charge < -0.3 is 10.1 Å². The Balaban J connectivity index is 2.04. The largest absolute Gasteiger partial charge is 0.464 e. The molecule has 0 saturated carbocycles. The van der Waals surface area contributed by atoms with Crippen molar-refractivity contribution in [2.45, 2.75) is 0 Å². The van der Waals surface area contributed by atoms with E-state index < -0.39 is 5.97 Å². The number of thiazole rings is 1. The number of anilines is 1. The van der Waals surface area contributed by atoms with E-state index in [-0.39, 0.29) is 5.69 Å². The quantitative estimate of drug-likeness (QED) is 0.574. The highest BCUT2D eigenvalue weighted by molar-refractivity contribution is 7.12. The lowest BCUT2D eigenvalue weighted by molar-refractivity contribution is -0.105. The van der Waals surface area contributed by atoms with Crippen LogP contribution in [0.1, 0.15) is 10.5 Å². The second-order valence-electron chi connectivity index (χ2n) is 4.46. The fraction of sp³-hybridized carbons (Fsp3) is 0.0667. The van der Waals surface area contributed by atoms with E-state index >= 15 is 0 Å². The predicted molar refractivity (Wildman–Crippen MR) is 85.7 cm³/mol. The summed E-state index contributed by atoms with van der Waals surface area (Å²) in [5, 5.41) is 9.08. The number of nitrogens with one attached hydrogen (secondary N) is 1. The SMILES string of the molecule is COC(=O)c1csc(-n2nc(-c3ccccc3)cc2NC=O)n1. The third-order valence-corrected chi connectivity index (χ3v) is 3.87. The lowest BCUT2D eigenvalue weighted by Crippen LogP contribution is -2.06. The van der Waals surface area contributed by atoms with Gasteiger partial charge >= 0.3 is 5.97 Å². The van der Waals surface area contributed by atoms with Crippen molar-refractivity contribution in [3.8, 4) is 16.4 Å². The summed E-state index contributed by atoms with van der Waals surface area (Å²) in [6.07, 6.45) is 0.567. The van der Waals surface area contributed by atoms with E-state index in [9.17, 15) is 9.59 Å². The molecular weight excluding hydrogens is 316 g/mol. The van der Waals surface area contributed by atoms with Crippen molar-refractivity contribution in [1.82, 2.24) is 14.8 Å². The van der Waals surface area contributed by atoms with Gasteiger partial charge in [0.15, 0.2) is 5.69 Å². The molecule has 0 aliphatic heterocycles. The number of carbonyl (C=O) groups is 2. The Kier molecular flexibility index (Phi) is 4.15. The molecule has 0 unspecified atom stereocenters. The number of carbonyl (C=O) groups excluding carboxylic acids is 2. The smallest absolute Gasteiger partial charge is 0.357 e. The maximum Gasteiger partial charge on any atom is 0.357 e. The average molecular weight is 328 g/mol. The van der Waals surface area contributed by atoms with E-state index in [1.165, 1.54) is 23.1 Å². The van der Waals surface area contributed by atoms with Crippen LogP contribution in [0, 0.1) is 0 Å². The number of rotatable bonds is 5. The van der Waals surface area contributed by atoms with Crippen molar-refractivity contribution in [3.05, 3.63) is 47.5 Å². The molecule has 0 fully saturated rings. The maximum atomic E-state index is 11.5. The van der Waals surface area contributed by atoms with Crippen LogP contribution in [0.5, 0.6) is 0 Å². The van der Waals surface area contributed by atoms with Gasteiger partial charge in [-0.25, -0.2) is 9.78 Å². The number of aromatic nitrogens is 3. The number of amides is 1. The number of nitrogens with zero attached hydrogens (tertiary/aromatic N) is 3. The molecule has 0 aliphatic carbocycles. The molecule has 0 spiro atoms. The molecule has 0 saturated heterocycles. The van der Waals surface area contributed by atoms with Gasteiger partial charge in [-0.15, -0.1) is 11.3 Å².